The van der Waals surface area contributed by atoms with Crippen molar-refractivity contribution in [2.45, 2.75) is 19.4 Å². The van der Waals surface area contributed by atoms with Crippen LogP contribution in [0.3, 0.4) is 0 Å². The predicted molar refractivity (Wildman–Crippen MR) is 60.8 cm³/mol. The second kappa shape index (κ2) is 5.51. The fraction of sp³-hybridized carbons (Fsp3) is 0.417. The minimum atomic E-state index is 0.560. The van der Waals surface area contributed by atoms with E-state index in [1.165, 1.54) is 0 Å². The van der Waals surface area contributed by atoms with Crippen LogP contribution in [0.2, 0.25) is 0 Å². The SMILES string of the molecule is c1ccc(CON=C2CCCNC2)cc1. The molecule has 1 aliphatic heterocycles. The highest BCUT2D eigenvalue weighted by molar-refractivity contribution is 5.86. The third-order valence-corrected chi connectivity index (χ3v) is 2.42. The fourth-order valence-corrected chi connectivity index (χ4v) is 1.59. The van der Waals surface area contributed by atoms with Gasteiger partial charge in [-0.2, -0.15) is 0 Å². The molecule has 1 aromatic carbocycles. The molecule has 0 amide bonds. The molecule has 1 heterocycles. The molecule has 1 fully saturated rings. The minimum absolute atomic E-state index is 0.560. The zero-order valence-corrected chi connectivity index (χ0v) is 8.78. The van der Waals surface area contributed by atoms with Crippen molar-refractivity contribution in [1.29, 1.82) is 0 Å². The molecule has 1 saturated heterocycles. The summed E-state index contributed by atoms with van der Waals surface area (Å²) in [6.45, 7) is 2.52. The second-order valence-corrected chi connectivity index (χ2v) is 3.70. The van der Waals surface area contributed by atoms with Crippen LogP contribution in [0.1, 0.15) is 18.4 Å². The van der Waals surface area contributed by atoms with Crippen LogP contribution in [-0.2, 0) is 11.4 Å². The molecule has 0 saturated carbocycles. The summed E-state index contributed by atoms with van der Waals surface area (Å²) in [6.07, 6.45) is 2.22. The smallest absolute Gasteiger partial charge is 0.142 e. The first-order valence-electron chi connectivity index (χ1n) is 5.37. The van der Waals surface area contributed by atoms with Gasteiger partial charge in [0.2, 0.25) is 0 Å². The molecule has 0 aromatic heterocycles. The zero-order valence-electron chi connectivity index (χ0n) is 8.78. The average molecular weight is 204 g/mol. The molecule has 2 rings (SSSR count). The maximum Gasteiger partial charge on any atom is 0.142 e. The maximum atomic E-state index is 5.31. The highest BCUT2D eigenvalue weighted by atomic mass is 16.6. The third kappa shape index (κ3) is 3.36. The normalized spacial score (nSPS) is 19.1. The number of rotatable bonds is 3. The topological polar surface area (TPSA) is 33.6 Å². The maximum absolute atomic E-state index is 5.31. The Kier molecular flexibility index (Phi) is 3.74. The zero-order chi connectivity index (χ0) is 10.3. The van der Waals surface area contributed by atoms with E-state index in [4.69, 9.17) is 4.84 Å². The molecule has 1 aliphatic rings. The lowest BCUT2D eigenvalue weighted by Crippen LogP contribution is -2.30. The van der Waals surface area contributed by atoms with Gasteiger partial charge < -0.3 is 10.2 Å². The van der Waals surface area contributed by atoms with Crippen molar-refractivity contribution in [3.05, 3.63) is 35.9 Å². The van der Waals surface area contributed by atoms with Crippen molar-refractivity contribution in [2.75, 3.05) is 13.1 Å². The molecule has 80 valence electrons. The number of hydrogen-bond acceptors (Lipinski definition) is 3. The highest BCUT2D eigenvalue weighted by Gasteiger charge is 2.05. The Morgan fingerprint density at radius 2 is 2.13 bits per heavy atom. The fourth-order valence-electron chi connectivity index (χ4n) is 1.59. The van der Waals surface area contributed by atoms with Gasteiger partial charge in [-0.05, 0) is 24.9 Å². The first-order chi connectivity index (χ1) is 7.45. The molecule has 3 heteroatoms. The summed E-state index contributed by atoms with van der Waals surface area (Å²) in [5, 5.41) is 7.41. The summed E-state index contributed by atoms with van der Waals surface area (Å²) in [5.41, 5.74) is 2.28. The van der Waals surface area contributed by atoms with Crippen molar-refractivity contribution in [1.82, 2.24) is 5.32 Å². The number of piperidine rings is 1. The van der Waals surface area contributed by atoms with E-state index in [9.17, 15) is 0 Å². The van der Waals surface area contributed by atoms with E-state index in [2.05, 4.69) is 10.5 Å². The average Bonchev–Trinajstić information content (AvgIpc) is 2.32. The van der Waals surface area contributed by atoms with Gasteiger partial charge in [-0.3, -0.25) is 0 Å². The van der Waals surface area contributed by atoms with E-state index in [-0.39, 0.29) is 0 Å². The molecule has 0 atom stereocenters. The molecule has 0 aliphatic carbocycles. The molecule has 0 spiro atoms. The molecule has 1 aromatic rings. The molecule has 0 unspecified atom stereocenters. The van der Waals surface area contributed by atoms with Crippen LogP contribution in [0.15, 0.2) is 35.5 Å². The number of nitrogens with one attached hydrogen (secondary N) is 1. The summed E-state index contributed by atoms with van der Waals surface area (Å²) >= 11 is 0. The van der Waals surface area contributed by atoms with E-state index in [1.54, 1.807) is 0 Å². The number of hydrogen-bond donors (Lipinski definition) is 1. The Labute approximate surface area is 90.1 Å². The minimum Gasteiger partial charge on any atom is -0.391 e. The van der Waals surface area contributed by atoms with Crippen LogP contribution >= 0.6 is 0 Å². The molecular formula is C12H16N2O. The summed E-state index contributed by atoms with van der Waals surface area (Å²) in [5.74, 6) is 0. The van der Waals surface area contributed by atoms with Crippen molar-refractivity contribution < 1.29 is 4.84 Å². The second-order valence-electron chi connectivity index (χ2n) is 3.70. The van der Waals surface area contributed by atoms with Crippen molar-refractivity contribution >= 4 is 5.71 Å². The third-order valence-electron chi connectivity index (χ3n) is 2.42. The van der Waals surface area contributed by atoms with E-state index in [0.29, 0.717) is 6.61 Å². The standard InChI is InChI=1S/C12H16N2O/c1-2-5-11(6-3-1)10-15-14-12-7-4-8-13-9-12/h1-3,5-6,13H,4,7-10H2. The molecule has 0 radical (unpaired) electrons. The van der Waals surface area contributed by atoms with Crippen molar-refractivity contribution in [3.63, 3.8) is 0 Å². The van der Waals surface area contributed by atoms with E-state index in [0.717, 1.165) is 37.2 Å². The van der Waals surface area contributed by atoms with Gasteiger partial charge >= 0.3 is 0 Å². The largest absolute Gasteiger partial charge is 0.391 e. The number of benzene rings is 1. The first kappa shape index (κ1) is 10.2. The number of oxime groups is 1. The van der Waals surface area contributed by atoms with Crippen molar-refractivity contribution in [2.24, 2.45) is 5.16 Å². The molecule has 0 bridgehead atoms. The van der Waals surface area contributed by atoms with Gasteiger partial charge in [-0.15, -0.1) is 0 Å². The van der Waals surface area contributed by atoms with Gasteiger partial charge in [0, 0.05) is 6.54 Å². The summed E-state index contributed by atoms with van der Waals surface area (Å²) < 4.78 is 0. The summed E-state index contributed by atoms with van der Waals surface area (Å²) in [4.78, 5) is 5.31. The lowest BCUT2D eigenvalue weighted by Gasteiger charge is -2.13. The van der Waals surface area contributed by atoms with Gasteiger partial charge in [-0.25, -0.2) is 0 Å². The molecule has 3 nitrogen and oxygen atoms in total. The van der Waals surface area contributed by atoms with Crippen molar-refractivity contribution in [3.8, 4) is 0 Å². The Bertz CT molecular complexity index is 314. The van der Waals surface area contributed by atoms with Crippen LogP contribution < -0.4 is 5.32 Å². The predicted octanol–water partition coefficient (Wildman–Crippen LogP) is 1.94. The summed E-state index contributed by atoms with van der Waals surface area (Å²) in [6, 6.07) is 10.1. The highest BCUT2D eigenvalue weighted by Crippen LogP contribution is 2.03. The molecular weight excluding hydrogens is 188 g/mol. The van der Waals surface area contributed by atoms with E-state index in [1.807, 2.05) is 30.3 Å². The van der Waals surface area contributed by atoms with Gasteiger partial charge in [-0.1, -0.05) is 35.5 Å². The van der Waals surface area contributed by atoms with Crippen LogP contribution in [0.5, 0.6) is 0 Å². The lowest BCUT2D eigenvalue weighted by atomic mass is 10.1. The quantitative estimate of drug-likeness (QED) is 0.763. The van der Waals surface area contributed by atoms with E-state index >= 15 is 0 Å². The Balaban J connectivity index is 1.78. The van der Waals surface area contributed by atoms with Crippen LogP contribution in [0, 0.1) is 0 Å². The monoisotopic (exact) mass is 204 g/mol. The van der Waals surface area contributed by atoms with E-state index < -0.39 is 0 Å². The molecule has 15 heavy (non-hydrogen) atoms. The Hall–Kier alpha value is -1.35. The first-order valence-corrected chi connectivity index (χ1v) is 5.37. The Morgan fingerprint density at radius 1 is 1.27 bits per heavy atom. The van der Waals surface area contributed by atoms with Crippen LogP contribution in [-0.4, -0.2) is 18.8 Å². The molecule has 1 N–H and O–H groups in total. The number of nitrogens with zero attached hydrogens (tertiary/aromatic N) is 1. The summed E-state index contributed by atoms with van der Waals surface area (Å²) in [7, 11) is 0. The lowest BCUT2D eigenvalue weighted by molar-refractivity contribution is 0.129. The van der Waals surface area contributed by atoms with Gasteiger partial charge in [0.25, 0.3) is 0 Å². The van der Waals surface area contributed by atoms with Gasteiger partial charge in [0.1, 0.15) is 6.61 Å². The van der Waals surface area contributed by atoms with Gasteiger partial charge in [0.15, 0.2) is 0 Å². The van der Waals surface area contributed by atoms with Crippen LogP contribution in [0.4, 0.5) is 0 Å². The van der Waals surface area contributed by atoms with Crippen LogP contribution in [0.25, 0.3) is 0 Å². The van der Waals surface area contributed by atoms with Gasteiger partial charge in [0.05, 0.1) is 5.71 Å². The Morgan fingerprint density at radius 3 is 2.87 bits per heavy atom.